The minimum Gasteiger partial charge on any atom is -0.496 e. The molecule has 0 radical (unpaired) electrons. The first kappa shape index (κ1) is 15.1. The average molecular weight is 291 g/mol. The van der Waals surface area contributed by atoms with Crippen molar-refractivity contribution >= 4 is 0 Å². The summed E-state index contributed by atoms with van der Waals surface area (Å²) in [7, 11) is 3.11. The van der Waals surface area contributed by atoms with Crippen LogP contribution in [0.15, 0.2) is 36.4 Å². The molecule has 21 heavy (non-hydrogen) atoms. The first-order valence-electron chi connectivity index (χ1n) is 6.56. The van der Waals surface area contributed by atoms with Crippen molar-refractivity contribution < 1.29 is 18.6 Å². The molecular formula is C16H18FNO3. The third-order valence-corrected chi connectivity index (χ3v) is 3.02. The summed E-state index contributed by atoms with van der Waals surface area (Å²) in [5.74, 6) is 1.82. The highest BCUT2D eigenvalue weighted by Crippen LogP contribution is 2.33. The number of halogens is 1. The third kappa shape index (κ3) is 3.64. The Morgan fingerprint density at radius 1 is 1.00 bits per heavy atom. The molecule has 0 aromatic heterocycles. The number of hydrogen-bond acceptors (Lipinski definition) is 4. The lowest BCUT2D eigenvalue weighted by Crippen LogP contribution is -2.06. The Morgan fingerprint density at radius 2 is 1.62 bits per heavy atom. The molecule has 0 unspecified atom stereocenters. The number of methoxy groups -OCH3 is 2. The normalized spacial score (nSPS) is 10.3. The lowest BCUT2D eigenvalue weighted by Gasteiger charge is -2.13. The highest BCUT2D eigenvalue weighted by Gasteiger charge is 2.11. The summed E-state index contributed by atoms with van der Waals surface area (Å²) in [6.45, 7) is 0.346. The van der Waals surface area contributed by atoms with Crippen molar-refractivity contribution in [2.75, 3.05) is 20.8 Å². The van der Waals surface area contributed by atoms with Crippen LogP contribution >= 0.6 is 0 Å². The zero-order chi connectivity index (χ0) is 15.2. The lowest BCUT2D eigenvalue weighted by atomic mass is 10.1. The molecule has 0 bridgehead atoms. The second-order valence-corrected chi connectivity index (χ2v) is 4.41. The van der Waals surface area contributed by atoms with E-state index in [9.17, 15) is 4.39 Å². The van der Waals surface area contributed by atoms with Gasteiger partial charge in [0.15, 0.2) is 0 Å². The van der Waals surface area contributed by atoms with Gasteiger partial charge in [0.05, 0.1) is 14.2 Å². The SMILES string of the molecule is COc1cc(OC)cc(Oc2cccc(F)c2CCN)c1. The van der Waals surface area contributed by atoms with Crippen LogP contribution in [0.5, 0.6) is 23.0 Å². The fourth-order valence-corrected chi connectivity index (χ4v) is 1.99. The van der Waals surface area contributed by atoms with Gasteiger partial charge in [0.25, 0.3) is 0 Å². The van der Waals surface area contributed by atoms with Crippen LogP contribution in [0.3, 0.4) is 0 Å². The number of nitrogens with two attached hydrogens (primary N) is 1. The van der Waals surface area contributed by atoms with E-state index in [1.165, 1.54) is 6.07 Å². The molecule has 0 heterocycles. The largest absolute Gasteiger partial charge is 0.496 e. The van der Waals surface area contributed by atoms with Gasteiger partial charge in [-0.2, -0.15) is 0 Å². The van der Waals surface area contributed by atoms with E-state index in [4.69, 9.17) is 19.9 Å². The third-order valence-electron chi connectivity index (χ3n) is 3.02. The van der Waals surface area contributed by atoms with Gasteiger partial charge in [-0.1, -0.05) is 6.07 Å². The fourth-order valence-electron chi connectivity index (χ4n) is 1.99. The maximum absolute atomic E-state index is 13.8. The van der Waals surface area contributed by atoms with Gasteiger partial charge >= 0.3 is 0 Å². The van der Waals surface area contributed by atoms with Crippen molar-refractivity contribution in [3.63, 3.8) is 0 Å². The van der Waals surface area contributed by atoms with Gasteiger partial charge in [-0.25, -0.2) is 4.39 Å². The van der Waals surface area contributed by atoms with Crippen molar-refractivity contribution in [1.29, 1.82) is 0 Å². The molecule has 0 spiro atoms. The predicted molar refractivity (Wildman–Crippen MR) is 78.8 cm³/mol. The standard InChI is InChI=1S/C16H18FNO3/c1-19-11-8-12(20-2)10-13(9-11)21-16-5-3-4-15(17)14(16)6-7-18/h3-5,8-10H,6-7,18H2,1-2H3. The number of rotatable bonds is 6. The number of benzene rings is 2. The first-order chi connectivity index (χ1) is 10.2. The molecule has 2 aromatic carbocycles. The van der Waals surface area contributed by atoms with Crippen molar-refractivity contribution in [2.45, 2.75) is 6.42 Å². The van der Waals surface area contributed by atoms with E-state index < -0.39 is 0 Å². The summed E-state index contributed by atoms with van der Waals surface area (Å²) in [5.41, 5.74) is 5.98. The Labute approximate surface area is 123 Å². The van der Waals surface area contributed by atoms with E-state index in [0.29, 0.717) is 41.5 Å². The van der Waals surface area contributed by atoms with E-state index >= 15 is 0 Å². The highest BCUT2D eigenvalue weighted by atomic mass is 19.1. The molecule has 0 aliphatic carbocycles. The average Bonchev–Trinajstić information content (AvgIpc) is 2.50. The zero-order valence-electron chi connectivity index (χ0n) is 12.1. The van der Waals surface area contributed by atoms with Gasteiger partial charge in [-0.15, -0.1) is 0 Å². The summed E-state index contributed by atoms with van der Waals surface area (Å²) in [5, 5.41) is 0. The molecule has 2 rings (SSSR count). The quantitative estimate of drug-likeness (QED) is 0.888. The minimum absolute atomic E-state index is 0.326. The zero-order valence-corrected chi connectivity index (χ0v) is 12.1. The molecule has 112 valence electrons. The monoisotopic (exact) mass is 291 g/mol. The second-order valence-electron chi connectivity index (χ2n) is 4.41. The summed E-state index contributed by atoms with van der Waals surface area (Å²) >= 11 is 0. The molecule has 0 saturated heterocycles. The van der Waals surface area contributed by atoms with Crippen LogP contribution in [0.2, 0.25) is 0 Å². The molecule has 4 nitrogen and oxygen atoms in total. The molecular weight excluding hydrogens is 273 g/mol. The van der Waals surface area contributed by atoms with Gasteiger partial charge in [-0.3, -0.25) is 0 Å². The van der Waals surface area contributed by atoms with E-state index in [1.54, 1.807) is 44.6 Å². The van der Waals surface area contributed by atoms with Crippen molar-refractivity contribution in [3.8, 4) is 23.0 Å². The van der Waals surface area contributed by atoms with E-state index in [1.807, 2.05) is 0 Å². The maximum Gasteiger partial charge on any atom is 0.134 e. The summed E-state index contributed by atoms with van der Waals surface area (Å²) in [6.07, 6.45) is 0.406. The van der Waals surface area contributed by atoms with Crippen molar-refractivity contribution in [2.24, 2.45) is 5.73 Å². The summed E-state index contributed by atoms with van der Waals surface area (Å²) < 4.78 is 30.0. The molecule has 2 aromatic rings. The molecule has 2 N–H and O–H groups in total. The minimum atomic E-state index is -0.326. The molecule has 0 amide bonds. The van der Waals surface area contributed by atoms with E-state index in [-0.39, 0.29) is 5.82 Å². The lowest BCUT2D eigenvalue weighted by molar-refractivity contribution is 0.386. The van der Waals surface area contributed by atoms with E-state index in [0.717, 1.165) is 0 Å². The Bertz CT molecular complexity index is 594. The topological polar surface area (TPSA) is 53.7 Å². The van der Waals surface area contributed by atoms with Gasteiger partial charge in [-0.05, 0) is 25.1 Å². The first-order valence-corrected chi connectivity index (χ1v) is 6.56. The molecule has 0 aliphatic heterocycles. The molecule has 5 heteroatoms. The predicted octanol–water partition coefficient (Wildman–Crippen LogP) is 3.14. The van der Waals surface area contributed by atoms with Gasteiger partial charge in [0.2, 0.25) is 0 Å². The van der Waals surface area contributed by atoms with Crippen LogP contribution in [0.1, 0.15) is 5.56 Å². The van der Waals surface area contributed by atoms with Crippen LogP contribution in [0, 0.1) is 5.82 Å². The Hall–Kier alpha value is -2.27. The van der Waals surface area contributed by atoms with Gasteiger partial charge < -0.3 is 19.9 Å². The van der Waals surface area contributed by atoms with Crippen LogP contribution < -0.4 is 19.9 Å². The van der Waals surface area contributed by atoms with Gasteiger partial charge in [0.1, 0.15) is 28.8 Å². The Morgan fingerprint density at radius 3 is 2.19 bits per heavy atom. The second kappa shape index (κ2) is 6.95. The highest BCUT2D eigenvalue weighted by molar-refractivity contribution is 5.45. The van der Waals surface area contributed by atoms with Gasteiger partial charge in [0, 0.05) is 23.8 Å². The van der Waals surface area contributed by atoms with Crippen LogP contribution in [-0.4, -0.2) is 20.8 Å². The smallest absolute Gasteiger partial charge is 0.134 e. The molecule has 0 atom stereocenters. The molecule has 0 aliphatic rings. The number of hydrogen-bond donors (Lipinski definition) is 1. The van der Waals surface area contributed by atoms with Crippen LogP contribution in [0.25, 0.3) is 0 Å². The van der Waals surface area contributed by atoms with E-state index in [2.05, 4.69) is 0 Å². The Balaban J connectivity index is 2.35. The summed E-state index contributed by atoms with van der Waals surface area (Å²) in [4.78, 5) is 0. The van der Waals surface area contributed by atoms with Crippen molar-refractivity contribution in [3.05, 3.63) is 47.8 Å². The fraction of sp³-hybridized carbons (Fsp3) is 0.250. The Kier molecular flexibility index (Phi) is 5.00. The maximum atomic E-state index is 13.8. The van der Waals surface area contributed by atoms with Crippen LogP contribution in [0.4, 0.5) is 4.39 Å². The number of ether oxygens (including phenoxy) is 3. The summed E-state index contributed by atoms with van der Waals surface area (Å²) in [6, 6.07) is 9.85. The molecule has 0 saturated carbocycles. The molecule has 0 fully saturated rings. The van der Waals surface area contributed by atoms with Crippen LogP contribution in [-0.2, 0) is 6.42 Å². The van der Waals surface area contributed by atoms with Crippen molar-refractivity contribution in [1.82, 2.24) is 0 Å².